The molecule has 98 valence electrons. The van der Waals surface area contributed by atoms with Crippen LogP contribution in [0.1, 0.15) is 10.4 Å². The molecule has 0 radical (unpaired) electrons. The van der Waals surface area contributed by atoms with Gasteiger partial charge in [0.25, 0.3) is 0 Å². The number of rotatable bonds is 5. The number of aromatic carboxylic acids is 1. The molecule has 0 aromatic heterocycles. The van der Waals surface area contributed by atoms with Crippen LogP contribution in [0.15, 0.2) is 18.2 Å². The minimum absolute atomic E-state index is 0.0365. The fourth-order valence-electron chi connectivity index (χ4n) is 1.29. The Kier molecular flexibility index (Phi) is 5.08. The molecule has 0 aliphatic heterocycles. The van der Waals surface area contributed by atoms with Crippen molar-refractivity contribution in [2.75, 3.05) is 19.0 Å². The van der Waals surface area contributed by atoms with Crippen molar-refractivity contribution in [1.29, 1.82) is 0 Å². The van der Waals surface area contributed by atoms with Crippen molar-refractivity contribution < 1.29 is 19.4 Å². The first-order chi connectivity index (χ1) is 8.45. The average molecular weight is 273 g/mol. The molecular weight excluding hydrogens is 260 g/mol. The van der Waals surface area contributed by atoms with Gasteiger partial charge in [0.2, 0.25) is 5.91 Å². The molecule has 1 unspecified atom stereocenters. The molecule has 0 saturated carbocycles. The minimum atomic E-state index is -1.16. The van der Waals surface area contributed by atoms with Gasteiger partial charge in [-0.15, -0.1) is 0 Å². The van der Waals surface area contributed by atoms with E-state index in [2.05, 4.69) is 5.32 Å². The van der Waals surface area contributed by atoms with E-state index in [4.69, 9.17) is 27.2 Å². The second-order valence-corrected chi connectivity index (χ2v) is 3.98. The summed E-state index contributed by atoms with van der Waals surface area (Å²) in [4.78, 5) is 22.6. The molecule has 1 rings (SSSR count). The highest BCUT2D eigenvalue weighted by Crippen LogP contribution is 2.21. The molecule has 0 fully saturated rings. The van der Waals surface area contributed by atoms with Gasteiger partial charge in [-0.2, -0.15) is 0 Å². The zero-order valence-corrected chi connectivity index (χ0v) is 10.4. The highest BCUT2D eigenvalue weighted by molar-refractivity contribution is 6.31. The van der Waals surface area contributed by atoms with Gasteiger partial charge < -0.3 is 20.9 Å². The third-order valence-corrected chi connectivity index (χ3v) is 2.39. The predicted octanol–water partition coefficient (Wildman–Crippen LogP) is 0.950. The minimum Gasteiger partial charge on any atom is -0.478 e. The largest absolute Gasteiger partial charge is 0.478 e. The van der Waals surface area contributed by atoms with Crippen LogP contribution in [0.3, 0.4) is 0 Å². The van der Waals surface area contributed by atoms with Crippen LogP contribution >= 0.6 is 11.6 Å². The second kappa shape index (κ2) is 6.34. The number of anilines is 1. The number of nitrogens with one attached hydrogen (secondary N) is 1. The molecule has 0 spiro atoms. The van der Waals surface area contributed by atoms with Gasteiger partial charge in [0.15, 0.2) is 0 Å². The molecule has 0 saturated heterocycles. The molecule has 1 atom stereocenters. The Morgan fingerprint density at radius 3 is 2.78 bits per heavy atom. The van der Waals surface area contributed by atoms with Gasteiger partial charge in [-0.05, 0) is 18.2 Å². The van der Waals surface area contributed by atoms with Crippen molar-refractivity contribution in [3.8, 4) is 0 Å². The number of hydrogen-bond acceptors (Lipinski definition) is 4. The lowest BCUT2D eigenvalue weighted by atomic mass is 10.1. The van der Waals surface area contributed by atoms with E-state index >= 15 is 0 Å². The Morgan fingerprint density at radius 2 is 2.22 bits per heavy atom. The zero-order valence-electron chi connectivity index (χ0n) is 9.64. The standard InChI is InChI=1S/C11H13ClN2O4/c1-18-5-8(13)10(15)14-9-4-6(12)2-3-7(9)11(16)17/h2-4,8H,5,13H2,1H3,(H,14,15)(H,16,17). The molecule has 1 aromatic carbocycles. The maximum atomic E-state index is 11.6. The normalized spacial score (nSPS) is 11.9. The summed E-state index contributed by atoms with van der Waals surface area (Å²) < 4.78 is 4.74. The first-order valence-corrected chi connectivity index (χ1v) is 5.41. The number of carboxylic acids is 1. The molecule has 0 heterocycles. The van der Waals surface area contributed by atoms with Crippen molar-refractivity contribution in [2.45, 2.75) is 6.04 Å². The molecule has 1 aromatic rings. The first kappa shape index (κ1) is 14.4. The van der Waals surface area contributed by atoms with E-state index in [1.54, 1.807) is 0 Å². The van der Waals surface area contributed by atoms with Crippen LogP contribution < -0.4 is 11.1 Å². The summed E-state index contributed by atoms with van der Waals surface area (Å²) in [5.41, 5.74) is 5.57. The lowest BCUT2D eigenvalue weighted by Gasteiger charge is -2.13. The smallest absolute Gasteiger partial charge is 0.337 e. The molecule has 6 nitrogen and oxygen atoms in total. The molecule has 7 heteroatoms. The van der Waals surface area contributed by atoms with E-state index in [0.717, 1.165) is 0 Å². The highest BCUT2D eigenvalue weighted by atomic mass is 35.5. The summed E-state index contributed by atoms with van der Waals surface area (Å²) in [5, 5.41) is 11.7. The fraction of sp³-hybridized carbons (Fsp3) is 0.273. The van der Waals surface area contributed by atoms with Crippen LogP contribution in [0.4, 0.5) is 5.69 Å². The lowest BCUT2D eigenvalue weighted by Crippen LogP contribution is -2.39. The number of halogens is 1. The quantitative estimate of drug-likeness (QED) is 0.741. The Morgan fingerprint density at radius 1 is 1.56 bits per heavy atom. The first-order valence-electron chi connectivity index (χ1n) is 5.04. The van der Waals surface area contributed by atoms with Gasteiger partial charge in [-0.1, -0.05) is 11.6 Å². The Balaban J connectivity index is 2.92. The monoisotopic (exact) mass is 272 g/mol. The number of carbonyl (C=O) groups is 2. The van der Waals surface area contributed by atoms with Crippen LogP contribution in [0.2, 0.25) is 5.02 Å². The average Bonchev–Trinajstić information content (AvgIpc) is 2.28. The lowest BCUT2D eigenvalue weighted by molar-refractivity contribution is -0.118. The molecule has 1 amide bonds. The fourth-order valence-corrected chi connectivity index (χ4v) is 1.46. The maximum absolute atomic E-state index is 11.6. The number of ether oxygens (including phenoxy) is 1. The predicted molar refractivity (Wildman–Crippen MR) is 66.9 cm³/mol. The molecule has 0 aliphatic rings. The van der Waals surface area contributed by atoms with Crippen molar-refractivity contribution in [1.82, 2.24) is 0 Å². The molecule has 18 heavy (non-hydrogen) atoms. The number of hydrogen-bond donors (Lipinski definition) is 3. The summed E-state index contributed by atoms with van der Waals surface area (Å²) in [6, 6.07) is 3.20. The van der Waals surface area contributed by atoms with E-state index in [1.807, 2.05) is 0 Å². The highest BCUT2D eigenvalue weighted by Gasteiger charge is 2.17. The molecular formula is C11H13ClN2O4. The van der Waals surface area contributed by atoms with Crippen LogP contribution in [-0.2, 0) is 9.53 Å². The van der Waals surface area contributed by atoms with E-state index in [9.17, 15) is 9.59 Å². The van der Waals surface area contributed by atoms with Crippen molar-refractivity contribution in [3.05, 3.63) is 28.8 Å². The SMILES string of the molecule is COCC(N)C(=O)Nc1cc(Cl)ccc1C(=O)O. The Labute approximate surface area is 109 Å². The van der Waals surface area contributed by atoms with Gasteiger partial charge >= 0.3 is 5.97 Å². The van der Waals surface area contributed by atoms with E-state index < -0.39 is 17.9 Å². The summed E-state index contributed by atoms with van der Waals surface area (Å²) in [6.45, 7) is 0.0365. The second-order valence-electron chi connectivity index (χ2n) is 3.55. The van der Waals surface area contributed by atoms with Crippen molar-refractivity contribution >= 4 is 29.2 Å². The number of nitrogens with two attached hydrogens (primary N) is 1. The van der Waals surface area contributed by atoms with Gasteiger partial charge in [0.1, 0.15) is 6.04 Å². The zero-order chi connectivity index (χ0) is 13.7. The Bertz CT molecular complexity index is 464. The van der Waals surface area contributed by atoms with E-state index in [0.29, 0.717) is 5.02 Å². The van der Waals surface area contributed by atoms with Gasteiger partial charge in [0.05, 0.1) is 17.9 Å². The van der Waals surface area contributed by atoms with E-state index in [-0.39, 0.29) is 17.9 Å². The third-order valence-electron chi connectivity index (χ3n) is 2.15. The number of carboxylic acid groups (broad SMARTS) is 1. The summed E-state index contributed by atoms with van der Waals surface area (Å²) in [5.74, 6) is -1.70. The summed E-state index contributed by atoms with van der Waals surface area (Å²) >= 11 is 5.75. The van der Waals surface area contributed by atoms with Crippen LogP contribution in [-0.4, -0.2) is 36.7 Å². The van der Waals surface area contributed by atoms with Crippen molar-refractivity contribution in [2.24, 2.45) is 5.73 Å². The number of methoxy groups -OCH3 is 1. The van der Waals surface area contributed by atoms with Gasteiger partial charge in [-0.25, -0.2) is 4.79 Å². The maximum Gasteiger partial charge on any atom is 0.337 e. The molecule has 0 aliphatic carbocycles. The number of carbonyl (C=O) groups excluding carboxylic acids is 1. The van der Waals surface area contributed by atoms with Crippen LogP contribution in [0.25, 0.3) is 0 Å². The molecule has 0 bridgehead atoms. The number of amides is 1. The van der Waals surface area contributed by atoms with Crippen LogP contribution in [0.5, 0.6) is 0 Å². The van der Waals surface area contributed by atoms with Gasteiger partial charge in [-0.3, -0.25) is 4.79 Å². The summed E-state index contributed by atoms with van der Waals surface area (Å²) in [7, 11) is 1.41. The van der Waals surface area contributed by atoms with E-state index in [1.165, 1.54) is 25.3 Å². The topological polar surface area (TPSA) is 102 Å². The van der Waals surface area contributed by atoms with Crippen LogP contribution in [0, 0.1) is 0 Å². The third kappa shape index (κ3) is 3.69. The summed E-state index contributed by atoms with van der Waals surface area (Å²) in [6.07, 6.45) is 0. The van der Waals surface area contributed by atoms with Gasteiger partial charge in [0, 0.05) is 12.1 Å². The molecule has 4 N–H and O–H groups in total. The van der Waals surface area contributed by atoms with Crippen molar-refractivity contribution in [3.63, 3.8) is 0 Å². The Hall–Kier alpha value is -1.63. The number of benzene rings is 1.